The molecule has 0 aliphatic carbocycles. The van der Waals surface area contributed by atoms with Crippen LogP contribution in [0.15, 0.2) is 30.6 Å². The molecule has 0 saturated carbocycles. The molecule has 0 amide bonds. The Hall–Kier alpha value is -2.58. The third kappa shape index (κ3) is 4.96. The molecule has 3 N–H and O–H groups in total. The molecule has 0 bridgehead atoms. The minimum atomic E-state index is -0.996. The number of pyridine rings is 1. The van der Waals surface area contributed by atoms with E-state index >= 15 is 0 Å². The number of piperidine rings is 1. The van der Waals surface area contributed by atoms with Gasteiger partial charge in [0.1, 0.15) is 0 Å². The van der Waals surface area contributed by atoms with Crippen LogP contribution in [0.25, 0.3) is 11.4 Å². The number of rotatable bonds is 7. The second-order valence-corrected chi connectivity index (χ2v) is 6.38. The van der Waals surface area contributed by atoms with Crippen LogP contribution in [0, 0.1) is 0 Å². The van der Waals surface area contributed by atoms with Gasteiger partial charge in [-0.3, -0.25) is 4.98 Å². The lowest BCUT2D eigenvalue weighted by atomic mass is 10.1. The van der Waals surface area contributed by atoms with Gasteiger partial charge < -0.3 is 20.4 Å². The number of aromatic carboxylic acids is 1. The number of aliphatic hydroxyl groups excluding tert-OH is 1. The van der Waals surface area contributed by atoms with Crippen LogP contribution in [0.4, 0.5) is 5.95 Å². The summed E-state index contributed by atoms with van der Waals surface area (Å²) in [6.07, 6.45) is 5.74. The van der Waals surface area contributed by atoms with Crippen LogP contribution < -0.4 is 5.32 Å². The van der Waals surface area contributed by atoms with E-state index in [1.165, 1.54) is 18.3 Å². The maximum Gasteiger partial charge on any atom is 0.335 e. The van der Waals surface area contributed by atoms with Gasteiger partial charge in [-0.25, -0.2) is 14.8 Å². The quantitative estimate of drug-likeness (QED) is 0.639. The van der Waals surface area contributed by atoms with Gasteiger partial charge in [0.2, 0.25) is 5.95 Å². The van der Waals surface area contributed by atoms with Crippen molar-refractivity contribution in [3.63, 3.8) is 0 Å². The van der Waals surface area contributed by atoms with Crippen LogP contribution in [0.5, 0.6) is 0 Å². The molecule has 2 aromatic heterocycles. The standard InChI is InChI=1S/C18H23N5O3/c24-14-3-1-9-23(12-14)10-2-6-20-18-21-8-5-15(22-18)16-11-13(17(25)26)4-7-19-16/h4-5,7-8,11,14,24H,1-3,6,9-10,12H2,(H,25,26)(H,20,21,22)/t14-/m0/s1. The molecule has 3 rings (SSSR count). The molecule has 1 atom stereocenters. The largest absolute Gasteiger partial charge is 0.478 e. The normalized spacial score (nSPS) is 17.8. The van der Waals surface area contributed by atoms with Gasteiger partial charge in [0, 0.05) is 25.5 Å². The van der Waals surface area contributed by atoms with E-state index in [0.29, 0.717) is 17.3 Å². The predicted molar refractivity (Wildman–Crippen MR) is 97.0 cm³/mol. The molecule has 1 aliphatic heterocycles. The lowest BCUT2D eigenvalue weighted by molar-refractivity contribution is 0.0695. The molecular formula is C18H23N5O3. The minimum Gasteiger partial charge on any atom is -0.478 e. The van der Waals surface area contributed by atoms with Crippen LogP contribution in [-0.2, 0) is 0 Å². The molecule has 8 heteroatoms. The van der Waals surface area contributed by atoms with Crippen LogP contribution in [-0.4, -0.2) is 68.3 Å². The van der Waals surface area contributed by atoms with Crippen molar-refractivity contribution >= 4 is 11.9 Å². The molecule has 2 aromatic rings. The smallest absolute Gasteiger partial charge is 0.335 e. The van der Waals surface area contributed by atoms with Gasteiger partial charge in [-0.15, -0.1) is 0 Å². The van der Waals surface area contributed by atoms with E-state index in [1.54, 1.807) is 12.3 Å². The summed E-state index contributed by atoms with van der Waals surface area (Å²) >= 11 is 0. The zero-order valence-electron chi connectivity index (χ0n) is 14.5. The number of β-amino-alcohol motifs (C(OH)–C–C–N with tert-alkyl or cyclic N) is 1. The molecule has 1 fully saturated rings. The average molecular weight is 357 g/mol. The van der Waals surface area contributed by atoms with Gasteiger partial charge >= 0.3 is 5.97 Å². The Balaban J connectivity index is 1.54. The average Bonchev–Trinajstić information content (AvgIpc) is 2.66. The van der Waals surface area contributed by atoms with Crippen molar-refractivity contribution in [2.75, 3.05) is 31.5 Å². The van der Waals surface area contributed by atoms with Crippen LogP contribution in [0.3, 0.4) is 0 Å². The second-order valence-electron chi connectivity index (χ2n) is 6.38. The van der Waals surface area contributed by atoms with Crippen molar-refractivity contribution in [1.82, 2.24) is 19.9 Å². The van der Waals surface area contributed by atoms with E-state index in [1.807, 2.05) is 0 Å². The van der Waals surface area contributed by atoms with Crippen molar-refractivity contribution in [1.29, 1.82) is 0 Å². The first-order valence-electron chi connectivity index (χ1n) is 8.79. The lowest BCUT2D eigenvalue weighted by Crippen LogP contribution is -2.39. The number of carboxylic acid groups (broad SMARTS) is 1. The van der Waals surface area contributed by atoms with Gasteiger partial charge in [0.05, 0.1) is 23.1 Å². The first-order chi connectivity index (χ1) is 12.6. The third-order valence-electron chi connectivity index (χ3n) is 4.34. The number of carbonyl (C=O) groups is 1. The minimum absolute atomic E-state index is 0.173. The molecule has 0 radical (unpaired) electrons. The first-order valence-corrected chi connectivity index (χ1v) is 8.79. The highest BCUT2D eigenvalue weighted by molar-refractivity contribution is 5.88. The summed E-state index contributed by atoms with van der Waals surface area (Å²) in [5.41, 5.74) is 1.24. The molecule has 0 aromatic carbocycles. The molecule has 138 valence electrons. The number of hydrogen-bond acceptors (Lipinski definition) is 7. The number of nitrogens with zero attached hydrogens (tertiary/aromatic N) is 4. The number of anilines is 1. The van der Waals surface area contributed by atoms with Crippen LogP contribution >= 0.6 is 0 Å². The Morgan fingerprint density at radius 2 is 2.12 bits per heavy atom. The first kappa shape index (κ1) is 18.2. The van der Waals surface area contributed by atoms with Gasteiger partial charge in [-0.2, -0.15) is 0 Å². The van der Waals surface area contributed by atoms with Crippen molar-refractivity contribution in [3.8, 4) is 11.4 Å². The summed E-state index contributed by atoms with van der Waals surface area (Å²) in [7, 11) is 0. The van der Waals surface area contributed by atoms with Crippen molar-refractivity contribution in [2.24, 2.45) is 0 Å². The highest BCUT2D eigenvalue weighted by Crippen LogP contribution is 2.16. The number of carboxylic acids is 1. The van der Waals surface area contributed by atoms with Crippen molar-refractivity contribution in [2.45, 2.75) is 25.4 Å². The molecule has 1 aliphatic rings. The molecule has 3 heterocycles. The van der Waals surface area contributed by atoms with Gasteiger partial charge in [-0.1, -0.05) is 0 Å². The Bertz CT molecular complexity index is 755. The van der Waals surface area contributed by atoms with Crippen LogP contribution in [0.1, 0.15) is 29.6 Å². The SMILES string of the molecule is O=C(O)c1ccnc(-c2ccnc(NCCCN3CCC[C@H](O)C3)n2)c1. The Morgan fingerprint density at radius 3 is 2.92 bits per heavy atom. The van der Waals surface area contributed by atoms with E-state index in [2.05, 4.69) is 25.2 Å². The van der Waals surface area contributed by atoms with E-state index in [9.17, 15) is 9.90 Å². The summed E-state index contributed by atoms with van der Waals surface area (Å²) in [5.74, 6) is -0.507. The molecule has 8 nitrogen and oxygen atoms in total. The fraction of sp³-hybridized carbons (Fsp3) is 0.444. The number of aliphatic hydroxyl groups is 1. The van der Waals surface area contributed by atoms with Crippen molar-refractivity contribution in [3.05, 3.63) is 36.2 Å². The third-order valence-corrected chi connectivity index (χ3v) is 4.34. The lowest BCUT2D eigenvalue weighted by Gasteiger charge is -2.29. The maximum atomic E-state index is 11.1. The summed E-state index contributed by atoms with van der Waals surface area (Å²) in [4.78, 5) is 26.1. The maximum absolute atomic E-state index is 11.1. The van der Waals surface area contributed by atoms with Crippen LogP contribution in [0.2, 0.25) is 0 Å². The summed E-state index contributed by atoms with van der Waals surface area (Å²) in [6.45, 7) is 3.43. The monoisotopic (exact) mass is 357 g/mol. The van der Waals surface area contributed by atoms with Gasteiger partial charge in [0.25, 0.3) is 0 Å². The topological polar surface area (TPSA) is 111 Å². The highest BCUT2D eigenvalue weighted by Gasteiger charge is 2.16. The Kier molecular flexibility index (Phi) is 6.08. The number of hydrogen-bond donors (Lipinski definition) is 3. The zero-order chi connectivity index (χ0) is 18.4. The number of aromatic nitrogens is 3. The number of nitrogens with one attached hydrogen (secondary N) is 1. The Morgan fingerprint density at radius 1 is 1.27 bits per heavy atom. The predicted octanol–water partition coefficient (Wildman–Crippen LogP) is 1.50. The Labute approximate surface area is 151 Å². The van der Waals surface area contributed by atoms with E-state index in [0.717, 1.165) is 45.4 Å². The van der Waals surface area contributed by atoms with Crippen molar-refractivity contribution < 1.29 is 15.0 Å². The molecule has 0 spiro atoms. The molecule has 1 saturated heterocycles. The van der Waals surface area contributed by atoms with E-state index in [-0.39, 0.29) is 11.7 Å². The van der Waals surface area contributed by atoms with E-state index in [4.69, 9.17) is 5.11 Å². The molecule has 26 heavy (non-hydrogen) atoms. The summed E-state index contributed by atoms with van der Waals surface area (Å²) in [6, 6.07) is 4.65. The molecular weight excluding hydrogens is 334 g/mol. The second kappa shape index (κ2) is 8.68. The summed E-state index contributed by atoms with van der Waals surface area (Å²) in [5, 5.41) is 22.0. The number of likely N-dealkylation sites (tertiary alicyclic amines) is 1. The highest BCUT2D eigenvalue weighted by atomic mass is 16.4. The summed E-state index contributed by atoms with van der Waals surface area (Å²) < 4.78 is 0. The van der Waals surface area contributed by atoms with Gasteiger partial charge in [-0.05, 0) is 50.6 Å². The zero-order valence-corrected chi connectivity index (χ0v) is 14.5. The van der Waals surface area contributed by atoms with E-state index < -0.39 is 5.97 Å². The molecule has 0 unspecified atom stereocenters. The fourth-order valence-corrected chi connectivity index (χ4v) is 3.03. The fourth-order valence-electron chi connectivity index (χ4n) is 3.03. The van der Waals surface area contributed by atoms with Gasteiger partial charge in [0.15, 0.2) is 0 Å².